The molecule has 0 radical (unpaired) electrons. The normalized spacial score (nSPS) is 23.4. The third-order valence-corrected chi connectivity index (χ3v) is 5.35. The maximum Gasteiger partial charge on any atom is 0.157 e. The predicted octanol–water partition coefficient (Wildman–Crippen LogP) is 3.06. The van der Waals surface area contributed by atoms with Crippen LogP contribution in [-0.2, 0) is 6.42 Å². The molecular formula is C18H25N5. The van der Waals surface area contributed by atoms with Crippen LogP contribution in [0.15, 0.2) is 24.8 Å². The van der Waals surface area contributed by atoms with Gasteiger partial charge in [-0.1, -0.05) is 19.3 Å². The largest absolute Gasteiger partial charge is 0.343 e. The minimum absolute atomic E-state index is 0.737. The molecule has 5 nitrogen and oxygen atoms in total. The summed E-state index contributed by atoms with van der Waals surface area (Å²) < 4.78 is 0. The highest BCUT2D eigenvalue weighted by atomic mass is 15.2. The van der Waals surface area contributed by atoms with Gasteiger partial charge in [0.05, 0.1) is 11.9 Å². The lowest BCUT2D eigenvalue weighted by Crippen LogP contribution is -2.35. The zero-order valence-electron chi connectivity index (χ0n) is 13.6. The van der Waals surface area contributed by atoms with Gasteiger partial charge in [-0.3, -0.25) is 4.98 Å². The zero-order chi connectivity index (χ0) is 15.5. The average Bonchev–Trinajstić information content (AvgIpc) is 3.28. The number of nitrogens with one attached hydrogen (secondary N) is 1. The van der Waals surface area contributed by atoms with Crippen LogP contribution in [-0.4, -0.2) is 44.0 Å². The van der Waals surface area contributed by atoms with Crippen LogP contribution in [0.3, 0.4) is 0 Å². The first-order valence-corrected chi connectivity index (χ1v) is 8.93. The van der Waals surface area contributed by atoms with Crippen LogP contribution in [0.4, 0.5) is 0 Å². The molecule has 1 atom stereocenters. The smallest absolute Gasteiger partial charge is 0.157 e. The topological polar surface area (TPSA) is 57.7 Å². The Morgan fingerprint density at radius 2 is 1.96 bits per heavy atom. The van der Waals surface area contributed by atoms with E-state index in [0.717, 1.165) is 35.6 Å². The summed E-state index contributed by atoms with van der Waals surface area (Å²) in [6.07, 6.45) is 16.7. The van der Waals surface area contributed by atoms with E-state index in [1.807, 2.05) is 18.6 Å². The minimum atomic E-state index is 0.737. The molecule has 1 aliphatic carbocycles. The van der Waals surface area contributed by atoms with Gasteiger partial charge in [0.2, 0.25) is 0 Å². The summed E-state index contributed by atoms with van der Waals surface area (Å²) in [5, 5.41) is 0. The number of hydrogen-bond acceptors (Lipinski definition) is 4. The van der Waals surface area contributed by atoms with Crippen LogP contribution in [0, 0.1) is 5.92 Å². The molecule has 0 amide bonds. The fourth-order valence-electron chi connectivity index (χ4n) is 4.09. The molecular weight excluding hydrogens is 286 g/mol. The summed E-state index contributed by atoms with van der Waals surface area (Å²) in [6.45, 7) is 2.51. The van der Waals surface area contributed by atoms with Crippen molar-refractivity contribution in [2.75, 3.05) is 13.1 Å². The van der Waals surface area contributed by atoms with Crippen molar-refractivity contribution in [2.24, 2.45) is 5.92 Å². The maximum absolute atomic E-state index is 4.59. The quantitative estimate of drug-likeness (QED) is 0.943. The van der Waals surface area contributed by atoms with Gasteiger partial charge in [0, 0.05) is 31.2 Å². The van der Waals surface area contributed by atoms with Crippen LogP contribution in [0.5, 0.6) is 0 Å². The molecule has 2 aromatic heterocycles. The number of nitrogens with zero attached hydrogens (tertiary/aromatic N) is 4. The Hall–Kier alpha value is -1.75. The van der Waals surface area contributed by atoms with Gasteiger partial charge in [-0.05, 0) is 38.1 Å². The van der Waals surface area contributed by atoms with Crippen LogP contribution in [0.1, 0.15) is 44.2 Å². The van der Waals surface area contributed by atoms with Crippen molar-refractivity contribution in [3.8, 4) is 11.5 Å². The lowest BCUT2D eigenvalue weighted by atomic mass is 9.94. The second-order valence-electron chi connectivity index (χ2n) is 6.98. The number of hydrogen-bond donors (Lipinski definition) is 1. The highest BCUT2D eigenvalue weighted by Crippen LogP contribution is 2.28. The van der Waals surface area contributed by atoms with Gasteiger partial charge in [0.1, 0.15) is 5.69 Å². The molecule has 23 heavy (non-hydrogen) atoms. The molecule has 2 aliphatic rings. The van der Waals surface area contributed by atoms with Crippen molar-refractivity contribution in [1.29, 1.82) is 0 Å². The first kappa shape index (κ1) is 14.8. The van der Waals surface area contributed by atoms with Gasteiger partial charge < -0.3 is 9.88 Å². The molecule has 3 heterocycles. The van der Waals surface area contributed by atoms with Gasteiger partial charge >= 0.3 is 0 Å². The first-order valence-electron chi connectivity index (χ1n) is 8.93. The van der Waals surface area contributed by atoms with Crippen molar-refractivity contribution in [3.63, 3.8) is 0 Å². The van der Waals surface area contributed by atoms with Gasteiger partial charge in [0.25, 0.3) is 0 Å². The minimum Gasteiger partial charge on any atom is -0.343 e. The predicted molar refractivity (Wildman–Crippen MR) is 89.9 cm³/mol. The van der Waals surface area contributed by atoms with Crippen molar-refractivity contribution < 1.29 is 0 Å². The van der Waals surface area contributed by atoms with E-state index in [-0.39, 0.29) is 0 Å². The molecule has 0 bridgehead atoms. The van der Waals surface area contributed by atoms with E-state index < -0.39 is 0 Å². The molecule has 4 rings (SSSR count). The van der Waals surface area contributed by atoms with E-state index in [9.17, 15) is 0 Å². The summed E-state index contributed by atoms with van der Waals surface area (Å²) in [6, 6.07) is 0.848. The van der Waals surface area contributed by atoms with E-state index in [1.165, 1.54) is 51.6 Å². The van der Waals surface area contributed by atoms with E-state index in [4.69, 9.17) is 0 Å². The zero-order valence-corrected chi connectivity index (χ0v) is 13.6. The molecule has 122 valence electrons. The highest BCUT2D eigenvalue weighted by Gasteiger charge is 2.29. The number of aromatic nitrogens is 4. The fraction of sp³-hybridized carbons (Fsp3) is 0.611. The van der Waals surface area contributed by atoms with E-state index >= 15 is 0 Å². The second-order valence-corrected chi connectivity index (χ2v) is 6.98. The van der Waals surface area contributed by atoms with Crippen LogP contribution >= 0.6 is 0 Å². The first-order chi connectivity index (χ1) is 11.4. The summed E-state index contributed by atoms with van der Waals surface area (Å²) in [5.74, 6) is 1.52. The number of likely N-dealkylation sites (tertiary alicyclic amines) is 1. The highest BCUT2D eigenvalue weighted by molar-refractivity contribution is 5.46. The Balaban J connectivity index is 1.33. The standard InChI is InChI=1S/C18H25N5/c1-2-4-16(5-3-1)23-9-6-14(13-23)10-15-11-22-17(12-21-15)18-19-7-8-20-18/h7-8,11-12,14,16H,1-6,9-10,13H2,(H,19,20)/t14-/m0/s1. The molecule has 0 aromatic carbocycles. The molecule has 1 N–H and O–H groups in total. The van der Waals surface area contributed by atoms with Crippen molar-refractivity contribution in [3.05, 3.63) is 30.5 Å². The molecule has 2 aromatic rings. The third kappa shape index (κ3) is 3.44. The van der Waals surface area contributed by atoms with Crippen LogP contribution in [0.2, 0.25) is 0 Å². The van der Waals surface area contributed by atoms with Crippen molar-refractivity contribution >= 4 is 0 Å². The summed E-state index contributed by atoms with van der Waals surface area (Å²) in [4.78, 5) is 19.1. The molecule has 1 saturated carbocycles. The van der Waals surface area contributed by atoms with E-state index in [2.05, 4.69) is 24.8 Å². The Kier molecular flexibility index (Phi) is 4.37. The number of H-pyrrole nitrogens is 1. The lowest BCUT2D eigenvalue weighted by molar-refractivity contribution is 0.185. The molecule has 5 heteroatoms. The van der Waals surface area contributed by atoms with Gasteiger partial charge in [-0.25, -0.2) is 9.97 Å². The van der Waals surface area contributed by atoms with E-state index in [1.54, 1.807) is 6.20 Å². The number of aromatic amines is 1. The Labute approximate surface area is 137 Å². The molecule has 0 spiro atoms. The summed E-state index contributed by atoms with van der Waals surface area (Å²) >= 11 is 0. The molecule has 1 aliphatic heterocycles. The lowest BCUT2D eigenvalue weighted by Gasteiger charge is -2.31. The monoisotopic (exact) mass is 311 g/mol. The van der Waals surface area contributed by atoms with Crippen LogP contribution in [0.25, 0.3) is 11.5 Å². The second kappa shape index (κ2) is 6.79. The third-order valence-electron chi connectivity index (χ3n) is 5.35. The number of imidazole rings is 1. The fourth-order valence-corrected chi connectivity index (χ4v) is 4.09. The Bertz CT molecular complexity index is 601. The Morgan fingerprint density at radius 3 is 2.70 bits per heavy atom. The van der Waals surface area contributed by atoms with Crippen molar-refractivity contribution in [1.82, 2.24) is 24.8 Å². The maximum atomic E-state index is 4.59. The molecule has 1 saturated heterocycles. The summed E-state index contributed by atoms with van der Waals surface area (Å²) in [7, 11) is 0. The van der Waals surface area contributed by atoms with Gasteiger partial charge in [-0.15, -0.1) is 0 Å². The summed E-state index contributed by atoms with van der Waals surface area (Å²) in [5.41, 5.74) is 1.92. The van der Waals surface area contributed by atoms with Crippen molar-refractivity contribution in [2.45, 2.75) is 51.0 Å². The SMILES string of the molecule is c1c[nH]c(-c2cnc(C[C@@H]3CCN(C4CCCCC4)C3)cn2)n1. The van der Waals surface area contributed by atoms with Crippen LogP contribution < -0.4 is 0 Å². The Morgan fingerprint density at radius 1 is 1.04 bits per heavy atom. The van der Waals surface area contributed by atoms with Gasteiger partial charge in [-0.2, -0.15) is 0 Å². The molecule has 2 fully saturated rings. The number of rotatable bonds is 4. The van der Waals surface area contributed by atoms with E-state index in [0.29, 0.717) is 0 Å². The van der Waals surface area contributed by atoms with Gasteiger partial charge in [0.15, 0.2) is 5.82 Å². The molecule has 0 unspecified atom stereocenters. The average molecular weight is 311 g/mol.